The third-order valence-electron chi connectivity index (χ3n) is 4.19. The molecule has 0 unspecified atom stereocenters. The summed E-state index contributed by atoms with van der Waals surface area (Å²) in [6, 6.07) is 1.79. The predicted molar refractivity (Wildman–Crippen MR) is 92.4 cm³/mol. The van der Waals surface area contributed by atoms with Crippen molar-refractivity contribution in [2.24, 2.45) is 5.73 Å². The largest absolute Gasteiger partial charge is 0.369 e. The summed E-state index contributed by atoms with van der Waals surface area (Å²) in [5.74, 6) is -0.863. The van der Waals surface area contributed by atoms with Gasteiger partial charge in [-0.05, 0) is 25.0 Å². The molecule has 1 aliphatic rings. The SMILES string of the molecule is Cc1cnccc1N1CCCN(C(=O)NCc2noc(C(N)=O)n2)CC1. The third-order valence-corrected chi connectivity index (χ3v) is 4.19. The van der Waals surface area contributed by atoms with E-state index >= 15 is 0 Å². The Balaban J connectivity index is 1.54. The summed E-state index contributed by atoms with van der Waals surface area (Å²) in [7, 11) is 0. The third kappa shape index (κ3) is 4.08. The highest BCUT2D eigenvalue weighted by Gasteiger charge is 2.20. The molecule has 2 aromatic rings. The second-order valence-corrected chi connectivity index (χ2v) is 6.03. The van der Waals surface area contributed by atoms with Crippen LogP contribution in [0.1, 0.15) is 28.5 Å². The molecular formula is C16H21N7O3. The molecule has 0 aliphatic carbocycles. The van der Waals surface area contributed by atoms with Crippen LogP contribution in [0.3, 0.4) is 0 Å². The standard InChI is InChI=1S/C16H21N7O3/c1-11-9-18-4-3-12(11)22-5-2-6-23(8-7-22)16(25)19-10-13-20-15(14(17)24)26-21-13/h3-4,9H,2,5-8,10H2,1H3,(H2,17,24)(H,19,25). The van der Waals surface area contributed by atoms with E-state index in [4.69, 9.17) is 5.73 Å². The molecule has 10 heteroatoms. The van der Waals surface area contributed by atoms with E-state index in [1.165, 1.54) is 0 Å². The molecule has 0 radical (unpaired) electrons. The van der Waals surface area contributed by atoms with E-state index in [1.807, 2.05) is 19.2 Å². The van der Waals surface area contributed by atoms with Crippen molar-refractivity contribution >= 4 is 17.6 Å². The van der Waals surface area contributed by atoms with Crippen LogP contribution in [0.5, 0.6) is 0 Å². The number of aryl methyl sites for hydroxylation is 1. The van der Waals surface area contributed by atoms with E-state index in [1.54, 1.807) is 11.1 Å². The number of pyridine rings is 1. The Hall–Kier alpha value is -3.17. The summed E-state index contributed by atoms with van der Waals surface area (Å²) in [6.45, 7) is 4.98. The number of amides is 3. The highest BCUT2D eigenvalue weighted by molar-refractivity contribution is 5.87. The van der Waals surface area contributed by atoms with Gasteiger partial charge in [-0.1, -0.05) is 5.16 Å². The zero-order chi connectivity index (χ0) is 18.5. The molecule has 0 aromatic carbocycles. The Labute approximate surface area is 150 Å². The van der Waals surface area contributed by atoms with Gasteiger partial charge in [-0.25, -0.2) is 4.79 Å². The lowest BCUT2D eigenvalue weighted by molar-refractivity contribution is 0.0958. The summed E-state index contributed by atoms with van der Waals surface area (Å²) in [5.41, 5.74) is 7.31. The lowest BCUT2D eigenvalue weighted by Gasteiger charge is -2.25. The number of nitrogens with zero attached hydrogens (tertiary/aromatic N) is 5. The van der Waals surface area contributed by atoms with Gasteiger partial charge in [0.2, 0.25) is 0 Å². The Bertz CT molecular complexity index is 792. The summed E-state index contributed by atoms with van der Waals surface area (Å²) >= 11 is 0. The fraction of sp³-hybridized carbons (Fsp3) is 0.438. The molecule has 0 saturated carbocycles. The first-order chi connectivity index (χ1) is 12.5. The lowest BCUT2D eigenvalue weighted by Crippen LogP contribution is -2.42. The molecule has 3 rings (SSSR count). The minimum absolute atomic E-state index is 0.0687. The van der Waals surface area contributed by atoms with Gasteiger partial charge in [-0.3, -0.25) is 9.78 Å². The minimum atomic E-state index is -0.797. The van der Waals surface area contributed by atoms with E-state index < -0.39 is 5.91 Å². The number of nitrogens with two attached hydrogens (primary N) is 1. The van der Waals surface area contributed by atoms with Crippen molar-refractivity contribution in [1.29, 1.82) is 0 Å². The van der Waals surface area contributed by atoms with Gasteiger partial charge in [0.1, 0.15) is 0 Å². The minimum Gasteiger partial charge on any atom is -0.369 e. The van der Waals surface area contributed by atoms with Crippen LogP contribution in [0.2, 0.25) is 0 Å². The van der Waals surface area contributed by atoms with Crippen molar-refractivity contribution in [3.8, 4) is 0 Å². The van der Waals surface area contributed by atoms with Crippen molar-refractivity contribution in [2.45, 2.75) is 19.9 Å². The number of primary amides is 1. The normalized spacial score (nSPS) is 14.8. The second-order valence-electron chi connectivity index (χ2n) is 6.03. The molecule has 3 heterocycles. The molecule has 1 fully saturated rings. The summed E-state index contributed by atoms with van der Waals surface area (Å²) < 4.78 is 4.69. The van der Waals surface area contributed by atoms with Crippen LogP contribution in [-0.4, -0.2) is 58.1 Å². The topological polar surface area (TPSA) is 130 Å². The van der Waals surface area contributed by atoms with Crippen LogP contribution in [0.4, 0.5) is 10.5 Å². The van der Waals surface area contributed by atoms with Gasteiger partial charge in [0.25, 0.3) is 0 Å². The van der Waals surface area contributed by atoms with Crippen LogP contribution in [0.25, 0.3) is 0 Å². The van der Waals surface area contributed by atoms with Crippen LogP contribution in [-0.2, 0) is 6.54 Å². The summed E-state index contributed by atoms with van der Waals surface area (Å²) in [4.78, 5) is 35.3. The van der Waals surface area contributed by atoms with E-state index in [0.29, 0.717) is 13.1 Å². The molecule has 10 nitrogen and oxygen atoms in total. The summed E-state index contributed by atoms with van der Waals surface area (Å²) in [6.07, 6.45) is 4.49. The molecule has 3 amide bonds. The van der Waals surface area contributed by atoms with Crippen LogP contribution in [0, 0.1) is 6.92 Å². The smallest absolute Gasteiger partial charge is 0.317 e. The lowest BCUT2D eigenvalue weighted by atomic mass is 10.2. The number of aromatic nitrogens is 3. The Kier molecular flexibility index (Phi) is 5.30. The molecule has 0 bridgehead atoms. The fourth-order valence-electron chi connectivity index (χ4n) is 2.87. The van der Waals surface area contributed by atoms with Gasteiger partial charge >= 0.3 is 17.8 Å². The highest BCUT2D eigenvalue weighted by atomic mass is 16.5. The summed E-state index contributed by atoms with van der Waals surface area (Å²) in [5, 5.41) is 6.34. The monoisotopic (exact) mass is 359 g/mol. The van der Waals surface area contributed by atoms with Crippen molar-refractivity contribution in [3.05, 3.63) is 35.7 Å². The van der Waals surface area contributed by atoms with Crippen molar-refractivity contribution in [3.63, 3.8) is 0 Å². The molecule has 1 aliphatic heterocycles. The molecular weight excluding hydrogens is 338 g/mol. The molecule has 3 N–H and O–H groups in total. The van der Waals surface area contributed by atoms with Crippen LogP contribution in [0.15, 0.2) is 23.0 Å². The van der Waals surface area contributed by atoms with E-state index in [0.717, 1.165) is 30.8 Å². The van der Waals surface area contributed by atoms with E-state index in [2.05, 4.69) is 29.9 Å². The Morgan fingerprint density at radius 3 is 2.88 bits per heavy atom. The van der Waals surface area contributed by atoms with E-state index in [9.17, 15) is 9.59 Å². The number of anilines is 1. The van der Waals surface area contributed by atoms with Gasteiger partial charge in [0.05, 0.1) is 6.54 Å². The van der Waals surface area contributed by atoms with Crippen molar-refractivity contribution in [1.82, 2.24) is 25.3 Å². The maximum Gasteiger partial charge on any atom is 0.317 e. The maximum atomic E-state index is 12.4. The first kappa shape index (κ1) is 17.6. The van der Waals surface area contributed by atoms with Crippen molar-refractivity contribution < 1.29 is 14.1 Å². The molecule has 2 aromatic heterocycles. The number of hydrogen-bond donors (Lipinski definition) is 2. The van der Waals surface area contributed by atoms with Crippen LogP contribution < -0.4 is 16.0 Å². The fourth-order valence-corrected chi connectivity index (χ4v) is 2.87. The number of carbonyl (C=O) groups excluding carboxylic acids is 2. The predicted octanol–water partition coefficient (Wildman–Crippen LogP) is 0.294. The van der Waals surface area contributed by atoms with Gasteiger partial charge < -0.3 is 25.4 Å². The molecule has 1 saturated heterocycles. The highest BCUT2D eigenvalue weighted by Crippen LogP contribution is 2.19. The quantitative estimate of drug-likeness (QED) is 0.802. The number of carbonyl (C=O) groups is 2. The molecule has 0 spiro atoms. The number of rotatable bonds is 4. The first-order valence-corrected chi connectivity index (χ1v) is 8.35. The number of urea groups is 1. The Morgan fingerprint density at radius 1 is 1.31 bits per heavy atom. The zero-order valence-electron chi connectivity index (χ0n) is 14.5. The van der Waals surface area contributed by atoms with Gasteiger partial charge in [-0.15, -0.1) is 0 Å². The molecule has 0 atom stereocenters. The number of hydrogen-bond acceptors (Lipinski definition) is 7. The average molecular weight is 359 g/mol. The second kappa shape index (κ2) is 7.81. The molecule has 138 valence electrons. The van der Waals surface area contributed by atoms with Gasteiger partial charge in [0, 0.05) is 44.3 Å². The maximum absolute atomic E-state index is 12.4. The zero-order valence-corrected chi connectivity index (χ0v) is 14.5. The first-order valence-electron chi connectivity index (χ1n) is 8.35. The molecule has 26 heavy (non-hydrogen) atoms. The van der Waals surface area contributed by atoms with Gasteiger partial charge in [-0.2, -0.15) is 4.98 Å². The average Bonchev–Trinajstić information content (AvgIpc) is 2.97. The number of nitrogens with one attached hydrogen (secondary N) is 1. The Morgan fingerprint density at radius 2 is 2.15 bits per heavy atom. The van der Waals surface area contributed by atoms with E-state index in [-0.39, 0.29) is 24.3 Å². The van der Waals surface area contributed by atoms with Gasteiger partial charge in [0.15, 0.2) is 5.82 Å². The van der Waals surface area contributed by atoms with Crippen LogP contribution >= 0.6 is 0 Å². The van der Waals surface area contributed by atoms with Crippen molar-refractivity contribution in [2.75, 3.05) is 31.1 Å².